The highest BCUT2D eigenvalue weighted by Crippen LogP contribution is 2.27. The van der Waals surface area contributed by atoms with Gasteiger partial charge in [-0.3, -0.25) is 4.79 Å². The molecule has 4 rings (SSSR count). The summed E-state index contributed by atoms with van der Waals surface area (Å²) in [6.45, 7) is 6.81. The van der Waals surface area contributed by atoms with Gasteiger partial charge in [0.15, 0.2) is 0 Å². The molecule has 0 radical (unpaired) electrons. The van der Waals surface area contributed by atoms with Crippen molar-refractivity contribution in [3.8, 4) is 5.75 Å². The monoisotopic (exact) mass is 463 g/mol. The van der Waals surface area contributed by atoms with Crippen molar-refractivity contribution in [3.05, 3.63) is 99.6 Å². The average Bonchev–Trinajstić information content (AvgIpc) is 2.81. The molecule has 5 heteroatoms. The number of amides is 1. The van der Waals surface area contributed by atoms with Gasteiger partial charge in [-0.15, -0.1) is 0 Å². The summed E-state index contributed by atoms with van der Waals surface area (Å²) in [7, 11) is 0. The molecule has 0 saturated carbocycles. The van der Waals surface area contributed by atoms with Gasteiger partial charge in [0.05, 0.1) is 13.2 Å². The number of nitrogens with zero attached hydrogens (tertiary/aromatic N) is 1. The third-order valence-electron chi connectivity index (χ3n) is 5.88. The Balaban J connectivity index is 1.62. The molecule has 33 heavy (non-hydrogen) atoms. The van der Waals surface area contributed by atoms with Crippen LogP contribution in [0, 0.1) is 0 Å². The van der Waals surface area contributed by atoms with Gasteiger partial charge < -0.3 is 14.4 Å². The van der Waals surface area contributed by atoms with Crippen LogP contribution in [0.1, 0.15) is 52.4 Å². The van der Waals surface area contributed by atoms with Gasteiger partial charge in [-0.05, 0) is 58.5 Å². The minimum Gasteiger partial charge on any atom is -0.491 e. The quantitative estimate of drug-likeness (QED) is 0.460. The maximum Gasteiger partial charge on any atom is 0.254 e. The molecule has 0 saturated heterocycles. The summed E-state index contributed by atoms with van der Waals surface area (Å²) >= 11 is 6.00. The molecule has 0 atom stereocenters. The van der Waals surface area contributed by atoms with E-state index in [9.17, 15) is 4.79 Å². The topological polar surface area (TPSA) is 38.8 Å². The number of hydrogen-bond donors (Lipinski definition) is 0. The molecular weight excluding hydrogens is 434 g/mol. The highest BCUT2D eigenvalue weighted by atomic mass is 35.5. The number of fused-ring (bicyclic) bond motifs is 3. The second kappa shape index (κ2) is 10.9. The zero-order chi connectivity index (χ0) is 23.2. The van der Waals surface area contributed by atoms with E-state index in [4.69, 9.17) is 21.1 Å². The first-order valence-electron chi connectivity index (χ1n) is 11.5. The van der Waals surface area contributed by atoms with Gasteiger partial charge in [-0.2, -0.15) is 0 Å². The van der Waals surface area contributed by atoms with Crippen molar-refractivity contribution in [2.45, 2.75) is 32.7 Å². The fourth-order valence-electron chi connectivity index (χ4n) is 4.03. The summed E-state index contributed by atoms with van der Waals surface area (Å²) < 4.78 is 11.9. The van der Waals surface area contributed by atoms with E-state index in [0.29, 0.717) is 49.4 Å². The molecule has 172 valence electrons. The van der Waals surface area contributed by atoms with Crippen LogP contribution in [0.15, 0.2) is 66.7 Å². The number of ether oxygens (including phenoxy) is 2. The lowest BCUT2D eigenvalue weighted by Crippen LogP contribution is -2.34. The molecule has 3 aromatic rings. The van der Waals surface area contributed by atoms with Gasteiger partial charge >= 0.3 is 0 Å². The van der Waals surface area contributed by atoms with Gasteiger partial charge in [0, 0.05) is 30.1 Å². The zero-order valence-electron chi connectivity index (χ0n) is 19.2. The lowest BCUT2D eigenvalue weighted by molar-refractivity contribution is 0.0571. The Kier molecular flexibility index (Phi) is 7.69. The smallest absolute Gasteiger partial charge is 0.254 e. The minimum atomic E-state index is -0.0315. The van der Waals surface area contributed by atoms with Crippen molar-refractivity contribution in [1.29, 1.82) is 0 Å². The zero-order valence-corrected chi connectivity index (χ0v) is 20.0. The van der Waals surface area contributed by atoms with Crippen molar-refractivity contribution in [1.82, 2.24) is 4.90 Å². The van der Waals surface area contributed by atoms with E-state index >= 15 is 0 Å². The van der Waals surface area contributed by atoms with E-state index < -0.39 is 0 Å². The van der Waals surface area contributed by atoms with Crippen molar-refractivity contribution in [2.24, 2.45) is 0 Å². The third-order valence-corrected chi connectivity index (χ3v) is 6.13. The first-order chi connectivity index (χ1) is 16.0. The van der Waals surface area contributed by atoms with Crippen LogP contribution in [0.5, 0.6) is 5.75 Å². The van der Waals surface area contributed by atoms with E-state index in [-0.39, 0.29) is 5.91 Å². The largest absolute Gasteiger partial charge is 0.491 e. The molecule has 0 N–H and O–H groups in total. The number of carbonyl (C=O) groups is 1. The van der Waals surface area contributed by atoms with Gasteiger partial charge in [-0.1, -0.05) is 61.8 Å². The summed E-state index contributed by atoms with van der Waals surface area (Å²) in [5.41, 5.74) is 5.38. The summed E-state index contributed by atoms with van der Waals surface area (Å²) in [5, 5.41) is 0.615. The van der Waals surface area contributed by atoms with Crippen LogP contribution in [-0.4, -0.2) is 37.2 Å². The maximum absolute atomic E-state index is 13.2. The van der Waals surface area contributed by atoms with Gasteiger partial charge in [-0.25, -0.2) is 0 Å². The molecule has 0 fully saturated rings. The predicted molar refractivity (Wildman–Crippen MR) is 132 cm³/mol. The second-order valence-corrected chi connectivity index (χ2v) is 9.15. The molecule has 4 nitrogen and oxygen atoms in total. The van der Waals surface area contributed by atoms with Crippen LogP contribution in [-0.2, 0) is 17.7 Å². The predicted octanol–water partition coefficient (Wildman–Crippen LogP) is 6.11. The molecule has 0 aromatic heterocycles. The lowest BCUT2D eigenvalue weighted by Gasteiger charge is -2.24. The fraction of sp³-hybridized carbons (Fsp3) is 0.321. The first kappa shape index (κ1) is 23.3. The fourth-order valence-corrected chi connectivity index (χ4v) is 4.16. The average molecular weight is 464 g/mol. The number of hydrogen-bond acceptors (Lipinski definition) is 3. The first-order valence-corrected chi connectivity index (χ1v) is 11.8. The van der Waals surface area contributed by atoms with E-state index in [0.717, 1.165) is 17.7 Å². The normalized spacial score (nSPS) is 14.8. The summed E-state index contributed by atoms with van der Waals surface area (Å²) in [6.07, 6.45) is 0.774. The van der Waals surface area contributed by atoms with E-state index in [1.165, 1.54) is 16.7 Å². The van der Waals surface area contributed by atoms with Crippen LogP contribution >= 0.6 is 11.6 Å². The molecule has 0 spiro atoms. The Hall–Kier alpha value is -2.82. The Bertz CT molecular complexity index is 1090. The van der Waals surface area contributed by atoms with Gasteiger partial charge in [0.2, 0.25) is 0 Å². The summed E-state index contributed by atoms with van der Waals surface area (Å²) in [6, 6.07) is 21.9. The Labute approximate surface area is 201 Å². The van der Waals surface area contributed by atoms with E-state index in [2.05, 4.69) is 56.3 Å². The van der Waals surface area contributed by atoms with Crippen LogP contribution in [0.3, 0.4) is 0 Å². The Morgan fingerprint density at radius 1 is 0.939 bits per heavy atom. The Morgan fingerprint density at radius 3 is 2.52 bits per heavy atom. The highest BCUT2D eigenvalue weighted by Gasteiger charge is 2.17. The molecule has 1 heterocycles. The van der Waals surface area contributed by atoms with Gasteiger partial charge in [0.25, 0.3) is 5.91 Å². The summed E-state index contributed by atoms with van der Waals surface area (Å²) in [5.74, 6) is 1.33. The Morgan fingerprint density at radius 2 is 1.73 bits per heavy atom. The van der Waals surface area contributed by atoms with Crippen molar-refractivity contribution < 1.29 is 14.3 Å². The van der Waals surface area contributed by atoms with Crippen molar-refractivity contribution in [2.75, 3.05) is 26.4 Å². The van der Waals surface area contributed by atoms with Crippen molar-refractivity contribution in [3.63, 3.8) is 0 Å². The third kappa shape index (κ3) is 6.16. The molecule has 1 aliphatic heterocycles. The van der Waals surface area contributed by atoms with Crippen LogP contribution in [0.2, 0.25) is 5.02 Å². The summed E-state index contributed by atoms with van der Waals surface area (Å²) in [4.78, 5) is 15.0. The standard InChI is InChI=1S/C28H30ClNO3/c1-20(2)24-8-11-27-25(18-24)17-21-4-3-5-22(16-21)19-30(12-13-32-14-15-33-27)28(31)23-6-9-26(29)10-7-23/h3-11,16,18,20H,12-15,17,19H2,1-2H3. The number of halogens is 1. The van der Waals surface area contributed by atoms with Crippen molar-refractivity contribution >= 4 is 17.5 Å². The molecule has 3 aromatic carbocycles. The second-order valence-electron chi connectivity index (χ2n) is 8.71. The molecule has 0 unspecified atom stereocenters. The lowest BCUT2D eigenvalue weighted by atomic mass is 9.96. The SMILES string of the molecule is CC(C)c1ccc2c(c1)Cc1cccc(c1)CN(C(=O)c1ccc(Cl)cc1)CCOCCO2. The van der Waals surface area contributed by atoms with E-state index in [1.54, 1.807) is 24.3 Å². The van der Waals surface area contributed by atoms with Gasteiger partial charge in [0.1, 0.15) is 12.4 Å². The molecule has 1 aliphatic rings. The molecule has 2 bridgehead atoms. The molecular formula is C28H30ClNO3. The maximum atomic E-state index is 13.2. The number of carbonyl (C=O) groups excluding carboxylic acids is 1. The van der Waals surface area contributed by atoms with E-state index in [1.807, 2.05) is 4.90 Å². The van der Waals surface area contributed by atoms with Crippen LogP contribution < -0.4 is 4.74 Å². The minimum absolute atomic E-state index is 0.0315. The number of benzene rings is 3. The van der Waals surface area contributed by atoms with Crippen LogP contribution in [0.25, 0.3) is 0 Å². The van der Waals surface area contributed by atoms with Crippen LogP contribution in [0.4, 0.5) is 0 Å². The highest BCUT2D eigenvalue weighted by molar-refractivity contribution is 6.30. The molecule has 1 amide bonds. The molecule has 0 aliphatic carbocycles. The number of rotatable bonds is 2.